The van der Waals surface area contributed by atoms with E-state index in [1.54, 1.807) is 43.3 Å². The molecule has 0 unspecified atom stereocenters. The first-order valence-electron chi connectivity index (χ1n) is 10.8. The number of sulfonamides is 1. The second-order valence-electron chi connectivity index (χ2n) is 9.19. The van der Waals surface area contributed by atoms with Gasteiger partial charge in [0.05, 0.1) is 5.56 Å². The van der Waals surface area contributed by atoms with Crippen molar-refractivity contribution in [2.24, 2.45) is 0 Å². The van der Waals surface area contributed by atoms with Crippen LogP contribution in [0.2, 0.25) is 5.02 Å². The third-order valence-electron chi connectivity index (χ3n) is 5.37. The van der Waals surface area contributed by atoms with Gasteiger partial charge in [-0.05, 0) is 57.5 Å². The van der Waals surface area contributed by atoms with E-state index in [-0.39, 0.29) is 35.9 Å². The van der Waals surface area contributed by atoms with E-state index in [1.807, 2.05) is 20.8 Å². The molecule has 1 atom stereocenters. The average molecular weight is 506 g/mol. The van der Waals surface area contributed by atoms with Gasteiger partial charge in [-0.3, -0.25) is 14.4 Å². The van der Waals surface area contributed by atoms with Crippen molar-refractivity contribution in [3.05, 3.63) is 64.7 Å². The fourth-order valence-corrected chi connectivity index (χ4v) is 5.33. The summed E-state index contributed by atoms with van der Waals surface area (Å²) in [6.07, 6.45) is -0.264. The molecule has 0 saturated heterocycles. The Hall–Kier alpha value is -2.91. The zero-order valence-electron chi connectivity index (χ0n) is 19.5. The van der Waals surface area contributed by atoms with Crippen molar-refractivity contribution in [1.29, 1.82) is 0 Å². The van der Waals surface area contributed by atoms with Crippen LogP contribution < -0.4 is 5.32 Å². The number of nitrogens with one attached hydrogen (secondary N) is 1. The molecule has 2 aromatic carbocycles. The Labute approximate surface area is 204 Å². The minimum atomic E-state index is -4.02. The van der Waals surface area contributed by atoms with Crippen molar-refractivity contribution in [2.75, 3.05) is 6.54 Å². The van der Waals surface area contributed by atoms with E-state index in [2.05, 4.69) is 5.32 Å². The van der Waals surface area contributed by atoms with Crippen LogP contribution in [0.3, 0.4) is 0 Å². The normalized spacial score (nSPS) is 15.6. The Morgan fingerprint density at radius 1 is 1.09 bits per heavy atom. The van der Waals surface area contributed by atoms with Crippen molar-refractivity contribution in [2.45, 2.75) is 57.1 Å². The second kappa shape index (κ2) is 9.76. The highest BCUT2D eigenvalue weighted by Crippen LogP contribution is 2.30. The molecule has 0 aromatic heterocycles. The zero-order valence-corrected chi connectivity index (χ0v) is 21.1. The van der Waals surface area contributed by atoms with Gasteiger partial charge in [-0.25, -0.2) is 12.7 Å². The van der Waals surface area contributed by atoms with Crippen molar-refractivity contribution < 1.29 is 22.8 Å². The maximum absolute atomic E-state index is 13.3. The number of hydrogen-bond donors (Lipinski definition) is 1. The van der Waals surface area contributed by atoms with Gasteiger partial charge in [0.1, 0.15) is 10.9 Å². The second-order valence-corrected chi connectivity index (χ2v) is 11.5. The third kappa shape index (κ3) is 5.59. The quantitative estimate of drug-likeness (QED) is 0.622. The molecule has 1 aliphatic rings. The standard InChI is InChI=1S/C24H28ClN3O5S/c1-16(22(30)26-24(2,3)4)27(15-17-9-11-18(25)12-10-17)21(29)13-14-28-23(31)19-7-5-6-8-20(19)34(28,32)33/h5-12,16H,13-15H2,1-4H3,(H,26,30)/t16-/m1/s1. The van der Waals surface area contributed by atoms with Crippen LogP contribution in [0.25, 0.3) is 0 Å². The van der Waals surface area contributed by atoms with Crippen LogP contribution in [-0.2, 0) is 26.2 Å². The molecule has 10 heteroatoms. The monoisotopic (exact) mass is 505 g/mol. The zero-order chi connectivity index (χ0) is 25.3. The van der Waals surface area contributed by atoms with E-state index in [1.165, 1.54) is 17.0 Å². The number of amides is 3. The van der Waals surface area contributed by atoms with E-state index in [0.717, 1.165) is 9.87 Å². The minimum Gasteiger partial charge on any atom is -0.350 e. The molecule has 3 amide bonds. The molecule has 1 N–H and O–H groups in total. The molecule has 0 fully saturated rings. The van der Waals surface area contributed by atoms with E-state index in [0.29, 0.717) is 5.02 Å². The van der Waals surface area contributed by atoms with Crippen LogP contribution in [0.1, 0.15) is 50.0 Å². The molecule has 8 nitrogen and oxygen atoms in total. The fourth-order valence-electron chi connectivity index (χ4n) is 3.64. The minimum absolute atomic E-state index is 0.0663. The predicted octanol–water partition coefficient (Wildman–Crippen LogP) is 3.21. The van der Waals surface area contributed by atoms with E-state index in [4.69, 9.17) is 11.6 Å². The Morgan fingerprint density at radius 2 is 1.71 bits per heavy atom. The Morgan fingerprint density at radius 3 is 2.29 bits per heavy atom. The summed E-state index contributed by atoms with van der Waals surface area (Å²) in [6, 6.07) is 12.0. The van der Waals surface area contributed by atoms with Gasteiger partial charge in [0, 0.05) is 30.1 Å². The number of fused-ring (bicyclic) bond motifs is 1. The number of benzene rings is 2. The van der Waals surface area contributed by atoms with Crippen molar-refractivity contribution in [3.63, 3.8) is 0 Å². The van der Waals surface area contributed by atoms with Crippen LogP contribution in [-0.4, -0.2) is 53.5 Å². The summed E-state index contributed by atoms with van der Waals surface area (Å²) in [4.78, 5) is 40.1. The largest absolute Gasteiger partial charge is 0.350 e. The summed E-state index contributed by atoms with van der Waals surface area (Å²) in [6.45, 7) is 6.93. The summed E-state index contributed by atoms with van der Waals surface area (Å²) >= 11 is 5.96. The highest BCUT2D eigenvalue weighted by molar-refractivity contribution is 7.90. The lowest BCUT2D eigenvalue weighted by Gasteiger charge is -2.32. The van der Waals surface area contributed by atoms with E-state index in [9.17, 15) is 22.8 Å². The summed E-state index contributed by atoms with van der Waals surface area (Å²) in [5, 5.41) is 3.40. The molecule has 3 rings (SSSR count). The van der Waals surface area contributed by atoms with E-state index < -0.39 is 33.4 Å². The number of rotatable bonds is 7. The van der Waals surface area contributed by atoms with Gasteiger partial charge in [0.15, 0.2) is 0 Å². The maximum Gasteiger partial charge on any atom is 0.269 e. The van der Waals surface area contributed by atoms with Gasteiger partial charge in [0.2, 0.25) is 11.8 Å². The maximum atomic E-state index is 13.3. The lowest BCUT2D eigenvalue weighted by atomic mass is 10.1. The molecular formula is C24H28ClN3O5S. The smallest absolute Gasteiger partial charge is 0.269 e. The topological polar surface area (TPSA) is 104 Å². The number of hydrogen-bond acceptors (Lipinski definition) is 5. The highest BCUT2D eigenvalue weighted by Gasteiger charge is 2.41. The molecule has 182 valence electrons. The SMILES string of the molecule is C[C@H](C(=O)NC(C)(C)C)N(Cc1ccc(Cl)cc1)C(=O)CCN1C(=O)c2ccccc2S1(=O)=O. The lowest BCUT2D eigenvalue weighted by molar-refractivity contribution is -0.141. The summed E-state index contributed by atoms with van der Waals surface area (Å²) < 4.78 is 26.3. The van der Waals surface area contributed by atoms with Crippen LogP contribution in [0.5, 0.6) is 0 Å². The molecule has 0 radical (unpaired) electrons. The molecule has 2 aromatic rings. The highest BCUT2D eigenvalue weighted by atomic mass is 35.5. The Bertz CT molecular complexity index is 1210. The van der Waals surface area contributed by atoms with Crippen LogP contribution in [0.4, 0.5) is 0 Å². The first-order chi connectivity index (χ1) is 15.8. The third-order valence-corrected chi connectivity index (χ3v) is 7.46. The van der Waals surface area contributed by atoms with Crippen molar-refractivity contribution in [3.8, 4) is 0 Å². The van der Waals surface area contributed by atoms with Gasteiger partial charge in [-0.15, -0.1) is 0 Å². The summed E-state index contributed by atoms with van der Waals surface area (Å²) in [5.41, 5.74) is 0.346. The van der Waals surface area contributed by atoms with Crippen LogP contribution in [0, 0.1) is 0 Å². The molecule has 0 spiro atoms. The Balaban J connectivity index is 1.80. The molecular weight excluding hydrogens is 478 g/mol. The average Bonchev–Trinajstić information content (AvgIpc) is 2.95. The van der Waals surface area contributed by atoms with Gasteiger partial charge in [0.25, 0.3) is 15.9 Å². The van der Waals surface area contributed by atoms with Gasteiger partial charge in [-0.1, -0.05) is 35.9 Å². The van der Waals surface area contributed by atoms with Crippen molar-refractivity contribution >= 4 is 39.3 Å². The number of carbonyl (C=O) groups excluding carboxylic acids is 3. The van der Waals surface area contributed by atoms with E-state index >= 15 is 0 Å². The fraction of sp³-hybridized carbons (Fsp3) is 0.375. The lowest BCUT2D eigenvalue weighted by Crippen LogP contribution is -2.52. The summed E-state index contributed by atoms with van der Waals surface area (Å²) in [7, 11) is -4.02. The van der Waals surface area contributed by atoms with Gasteiger partial charge < -0.3 is 10.2 Å². The first kappa shape index (κ1) is 25.7. The molecule has 34 heavy (non-hydrogen) atoms. The van der Waals surface area contributed by atoms with Crippen LogP contribution >= 0.6 is 11.6 Å². The predicted molar refractivity (Wildman–Crippen MR) is 129 cm³/mol. The molecule has 0 saturated carbocycles. The molecule has 0 aliphatic carbocycles. The number of halogens is 1. The molecule has 1 heterocycles. The number of nitrogens with zero attached hydrogens (tertiary/aromatic N) is 2. The van der Waals surface area contributed by atoms with Gasteiger partial charge >= 0.3 is 0 Å². The molecule has 0 bridgehead atoms. The van der Waals surface area contributed by atoms with Gasteiger partial charge in [-0.2, -0.15) is 0 Å². The van der Waals surface area contributed by atoms with Crippen molar-refractivity contribution in [1.82, 2.24) is 14.5 Å². The van der Waals surface area contributed by atoms with Crippen LogP contribution in [0.15, 0.2) is 53.4 Å². The summed E-state index contributed by atoms with van der Waals surface area (Å²) in [5.74, 6) is -1.45. The molecule has 1 aliphatic heterocycles. The Kier molecular flexibility index (Phi) is 7.38. The number of carbonyl (C=O) groups is 3. The first-order valence-corrected chi connectivity index (χ1v) is 12.6.